The highest BCUT2D eigenvalue weighted by atomic mass is 19.3. The number of aromatic nitrogens is 2. The molecule has 2 aromatic heterocycles. The third kappa shape index (κ3) is 3.24. The average Bonchev–Trinajstić information content (AvgIpc) is 2.62. The van der Waals surface area contributed by atoms with E-state index >= 15 is 0 Å². The third-order valence-electron chi connectivity index (χ3n) is 3.79. The van der Waals surface area contributed by atoms with Crippen molar-refractivity contribution >= 4 is 28.4 Å². The minimum Gasteiger partial charge on any atom is -0.465 e. The highest BCUT2D eigenvalue weighted by Crippen LogP contribution is 2.27. The molecule has 0 aliphatic heterocycles. The van der Waals surface area contributed by atoms with E-state index in [0.29, 0.717) is 11.4 Å². The fourth-order valence-corrected chi connectivity index (χ4v) is 2.59. The van der Waals surface area contributed by atoms with Crippen LogP contribution in [0.1, 0.15) is 10.4 Å². The fourth-order valence-electron chi connectivity index (χ4n) is 2.59. The number of carbonyl (C=O) groups is 1. The highest BCUT2D eigenvalue weighted by Gasteiger charge is 2.23. The van der Waals surface area contributed by atoms with Crippen LogP contribution >= 0.6 is 0 Å². The standard InChI is InChI=1S/C17H14F2N4O4/c1-26-16(25)12-13(21)10-6-7-11(27-17(18)19)22-14(10)23(15(12)24)9-4-2-8(20)3-5-9/h2-7,17H,20-21H2,1H3. The van der Waals surface area contributed by atoms with Crippen molar-refractivity contribution < 1.29 is 23.0 Å². The van der Waals surface area contributed by atoms with Gasteiger partial charge in [0.05, 0.1) is 18.5 Å². The summed E-state index contributed by atoms with van der Waals surface area (Å²) in [5, 5.41) is 0.188. The van der Waals surface area contributed by atoms with Gasteiger partial charge < -0.3 is 20.9 Å². The van der Waals surface area contributed by atoms with E-state index < -0.39 is 29.6 Å². The molecule has 8 nitrogen and oxygen atoms in total. The largest absolute Gasteiger partial charge is 0.465 e. The molecule has 3 rings (SSSR count). The molecule has 0 radical (unpaired) electrons. The quantitative estimate of drug-likeness (QED) is 0.527. The first-order chi connectivity index (χ1) is 12.8. The lowest BCUT2D eigenvalue weighted by molar-refractivity contribution is -0.0526. The van der Waals surface area contributed by atoms with Crippen molar-refractivity contribution in [3.63, 3.8) is 0 Å². The van der Waals surface area contributed by atoms with Crippen LogP contribution in [0, 0.1) is 0 Å². The smallest absolute Gasteiger partial charge is 0.388 e. The van der Waals surface area contributed by atoms with Crippen LogP contribution in [-0.2, 0) is 4.74 Å². The molecular weight excluding hydrogens is 362 g/mol. The molecule has 0 saturated heterocycles. The number of alkyl halides is 2. The van der Waals surface area contributed by atoms with Crippen LogP contribution in [0.15, 0.2) is 41.2 Å². The van der Waals surface area contributed by atoms with Crippen LogP contribution in [0.5, 0.6) is 5.88 Å². The Hall–Kier alpha value is -3.69. The lowest BCUT2D eigenvalue weighted by atomic mass is 10.1. The second kappa shape index (κ2) is 6.90. The van der Waals surface area contributed by atoms with Crippen LogP contribution in [0.4, 0.5) is 20.2 Å². The topological polar surface area (TPSA) is 122 Å². The molecule has 2 heterocycles. The second-order valence-corrected chi connectivity index (χ2v) is 5.41. The van der Waals surface area contributed by atoms with Crippen molar-refractivity contribution in [3.8, 4) is 11.6 Å². The minimum absolute atomic E-state index is 0.0620. The van der Waals surface area contributed by atoms with Gasteiger partial charge in [-0.3, -0.25) is 9.36 Å². The number of rotatable bonds is 4. The lowest BCUT2D eigenvalue weighted by Gasteiger charge is -2.15. The summed E-state index contributed by atoms with van der Waals surface area (Å²) in [4.78, 5) is 29.0. The van der Waals surface area contributed by atoms with Gasteiger partial charge in [-0.2, -0.15) is 13.8 Å². The zero-order valence-electron chi connectivity index (χ0n) is 14.0. The van der Waals surface area contributed by atoms with E-state index in [9.17, 15) is 18.4 Å². The molecule has 0 fully saturated rings. The zero-order valence-corrected chi connectivity index (χ0v) is 14.0. The molecule has 0 amide bonds. The first-order valence-corrected chi connectivity index (χ1v) is 7.57. The molecule has 1 aromatic carbocycles. The number of esters is 1. The Morgan fingerprint density at radius 3 is 2.41 bits per heavy atom. The normalized spacial score (nSPS) is 11.0. The van der Waals surface area contributed by atoms with Crippen molar-refractivity contribution in [1.29, 1.82) is 0 Å². The van der Waals surface area contributed by atoms with Crippen molar-refractivity contribution in [2.75, 3.05) is 18.6 Å². The number of hydrogen-bond acceptors (Lipinski definition) is 7. The predicted octanol–water partition coefficient (Wildman–Crippen LogP) is 1.94. The van der Waals surface area contributed by atoms with E-state index in [1.807, 2.05) is 0 Å². The van der Waals surface area contributed by atoms with Crippen molar-refractivity contribution in [1.82, 2.24) is 9.55 Å². The first kappa shape index (κ1) is 18.1. The van der Waals surface area contributed by atoms with Crippen LogP contribution in [0.2, 0.25) is 0 Å². The molecular formula is C17H14F2N4O4. The van der Waals surface area contributed by atoms with Gasteiger partial charge in [0.1, 0.15) is 5.56 Å². The molecule has 27 heavy (non-hydrogen) atoms. The average molecular weight is 376 g/mol. The van der Waals surface area contributed by atoms with E-state index in [1.165, 1.54) is 30.3 Å². The molecule has 0 aliphatic rings. The van der Waals surface area contributed by atoms with E-state index in [0.717, 1.165) is 17.7 Å². The maximum absolute atomic E-state index is 12.9. The van der Waals surface area contributed by atoms with Gasteiger partial charge in [-0.05, 0) is 30.3 Å². The Kier molecular flexibility index (Phi) is 4.63. The molecule has 4 N–H and O–H groups in total. The van der Waals surface area contributed by atoms with Crippen molar-refractivity contribution in [3.05, 3.63) is 52.3 Å². The number of benzene rings is 1. The van der Waals surface area contributed by atoms with Crippen LogP contribution in [0.25, 0.3) is 16.7 Å². The monoisotopic (exact) mass is 376 g/mol. The van der Waals surface area contributed by atoms with Gasteiger partial charge in [-0.25, -0.2) is 4.79 Å². The molecule has 0 spiro atoms. The van der Waals surface area contributed by atoms with Gasteiger partial charge in [-0.1, -0.05) is 0 Å². The molecule has 3 aromatic rings. The number of halogens is 2. The lowest BCUT2D eigenvalue weighted by Crippen LogP contribution is -2.28. The van der Waals surface area contributed by atoms with E-state index in [4.69, 9.17) is 11.5 Å². The summed E-state index contributed by atoms with van der Waals surface area (Å²) >= 11 is 0. The summed E-state index contributed by atoms with van der Waals surface area (Å²) in [5.74, 6) is -1.34. The Morgan fingerprint density at radius 2 is 1.81 bits per heavy atom. The Morgan fingerprint density at radius 1 is 1.15 bits per heavy atom. The highest BCUT2D eigenvalue weighted by molar-refractivity contribution is 6.03. The molecule has 0 saturated carbocycles. The summed E-state index contributed by atoms with van der Waals surface area (Å²) < 4.78 is 35.1. The fraction of sp³-hybridized carbons (Fsp3) is 0.118. The number of nitrogen functional groups attached to an aromatic ring is 2. The summed E-state index contributed by atoms with van der Waals surface area (Å²) in [6.07, 6.45) is 0. The summed E-state index contributed by atoms with van der Waals surface area (Å²) in [7, 11) is 1.11. The van der Waals surface area contributed by atoms with Gasteiger partial charge in [0.25, 0.3) is 5.56 Å². The predicted molar refractivity (Wildman–Crippen MR) is 94.1 cm³/mol. The maximum Gasteiger partial charge on any atom is 0.388 e. The van der Waals surface area contributed by atoms with Gasteiger partial charge in [0, 0.05) is 17.1 Å². The minimum atomic E-state index is -3.10. The van der Waals surface area contributed by atoms with Gasteiger partial charge in [0.2, 0.25) is 5.88 Å². The first-order valence-electron chi connectivity index (χ1n) is 7.57. The molecule has 10 heteroatoms. The number of anilines is 2. The molecule has 140 valence electrons. The van der Waals surface area contributed by atoms with Crippen LogP contribution in [-0.4, -0.2) is 29.2 Å². The summed E-state index contributed by atoms with van der Waals surface area (Å²) in [6, 6.07) is 8.56. The van der Waals surface area contributed by atoms with Crippen LogP contribution in [0.3, 0.4) is 0 Å². The molecule has 0 unspecified atom stereocenters. The van der Waals surface area contributed by atoms with Crippen molar-refractivity contribution in [2.24, 2.45) is 0 Å². The number of nitrogens with two attached hydrogens (primary N) is 2. The molecule has 0 atom stereocenters. The zero-order chi connectivity index (χ0) is 19.7. The Balaban J connectivity index is 2.42. The Labute approximate surface area is 150 Å². The number of pyridine rings is 2. The van der Waals surface area contributed by atoms with Crippen LogP contribution < -0.4 is 21.8 Å². The number of fused-ring (bicyclic) bond motifs is 1. The summed E-state index contributed by atoms with van der Waals surface area (Å²) in [6.45, 7) is -3.10. The van der Waals surface area contributed by atoms with Crippen molar-refractivity contribution in [2.45, 2.75) is 6.61 Å². The number of ether oxygens (including phenoxy) is 2. The van der Waals surface area contributed by atoms with E-state index in [-0.39, 0.29) is 16.7 Å². The number of nitrogens with zero attached hydrogens (tertiary/aromatic N) is 2. The second-order valence-electron chi connectivity index (χ2n) is 5.41. The number of methoxy groups -OCH3 is 1. The number of carbonyl (C=O) groups excluding carboxylic acids is 1. The molecule has 0 aliphatic carbocycles. The third-order valence-corrected chi connectivity index (χ3v) is 3.79. The summed E-state index contributed by atoms with van der Waals surface area (Å²) in [5.41, 5.74) is 10.9. The molecule has 0 bridgehead atoms. The Bertz CT molecular complexity index is 1080. The van der Waals surface area contributed by atoms with Gasteiger partial charge in [-0.15, -0.1) is 0 Å². The SMILES string of the molecule is COC(=O)c1c(N)c2ccc(OC(F)F)nc2n(-c2ccc(N)cc2)c1=O. The van der Waals surface area contributed by atoms with E-state index in [1.54, 1.807) is 0 Å². The van der Waals surface area contributed by atoms with Gasteiger partial charge in [0.15, 0.2) is 5.65 Å². The van der Waals surface area contributed by atoms with E-state index in [2.05, 4.69) is 14.5 Å². The maximum atomic E-state index is 12.9. The number of hydrogen-bond donors (Lipinski definition) is 2. The van der Waals surface area contributed by atoms with Gasteiger partial charge >= 0.3 is 12.6 Å².